The maximum atomic E-state index is 12.1. The molecule has 21 heavy (non-hydrogen) atoms. The van der Waals surface area contributed by atoms with Crippen molar-refractivity contribution in [2.45, 2.75) is 45.1 Å². The Labute approximate surface area is 127 Å². The van der Waals surface area contributed by atoms with Gasteiger partial charge >= 0.3 is 0 Å². The number of hydrogen-bond acceptors (Lipinski definition) is 3. The molecule has 3 N–H and O–H groups in total. The highest BCUT2D eigenvalue weighted by Gasteiger charge is 2.50. The number of nitrogens with two attached hydrogens (primary N) is 1. The summed E-state index contributed by atoms with van der Waals surface area (Å²) < 4.78 is 5.99. The summed E-state index contributed by atoms with van der Waals surface area (Å²) in [6.45, 7) is 5.26. The van der Waals surface area contributed by atoms with Gasteiger partial charge in [0, 0.05) is 0 Å². The predicted octanol–water partition coefficient (Wildman–Crippen LogP) is 2.26. The average Bonchev–Trinajstić information content (AvgIpc) is 3.33. The van der Waals surface area contributed by atoms with Crippen LogP contribution in [0, 0.1) is 5.92 Å². The molecule has 1 saturated carbocycles. The van der Waals surface area contributed by atoms with Gasteiger partial charge in [-0.3, -0.25) is 4.79 Å². The van der Waals surface area contributed by atoms with Crippen molar-refractivity contribution in [3.05, 3.63) is 29.8 Å². The summed E-state index contributed by atoms with van der Waals surface area (Å²) in [5.41, 5.74) is 6.14. The van der Waals surface area contributed by atoms with Gasteiger partial charge in [0.15, 0.2) is 0 Å². The van der Waals surface area contributed by atoms with Crippen LogP contribution < -0.4 is 15.8 Å². The molecular formula is C17H26N2O2. The highest BCUT2D eigenvalue weighted by Crippen LogP contribution is 2.40. The van der Waals surface area contributed by atoms with Crippen LogP contribution in [0.1, 0.15) is 38.7 Å². The van der Waals surface area contributed by atoms with Crippen LogP contribution in [0.2, 0.25) is 0 Å². The van der Waals surface area contributed by atoms with Crippen molar-refractivity contribution in [2.24, 2.45) is 11.7 Å². The lowest BCUT2D eigenvalue weighted by molar-refractivity contribution is -0.126. The minimum Gasteiger partial charge on any atom is -0.491 e. The van der Waals surface area contributed by atoms with Crippen LogP contribution in [-0.4, -0.2) is 24.6 Å². The van der Waals surface area contributed by atoms with Gasteiger partial charge < -0.3 is 15.8 Å². The first-order valence-electron chi connectivity index (χ1n) is 7.89. The summed E-state index contributed by atoms with van der Waals surface area (Å²) in [7, 11) is 0. The molecule has 1 aromatic rings. The number of rotatable bonds is 9. The van der Waals surface area contributed by atoms with Gasteiger partial charge in [0.1, 0.15) is 17.9 Å². The van der Waals surface area contributed by atoms with Crippen LogP contribution in [-0.2, 0) is 11.2 Å². The molecule has 1 aliphatic rings. The molecule has 0 aliphatic heterocycles. The van der Waals surface area contributed by atoms with Gasteiger partial charge in [-0.2, -0.15) is 0 Å². The number of carbonyl (C=O) groups excluding carboxylic acids is 1. The maximum absolute atomic E-state index is 12.1. The third-order valence-corrected chi connectivity index (χ3v) is 4.21. The molecule has 116 valence electrons. The first-order valence-corrected chi connectivity index (χ1v) is 7.89. The molecule has 1 aliphatic carbocycles. The van der Waals surface area contributed by atoms with Crippen molar-refractivity contribution in [1.29, 1.82) is 0 Å². The Balaban J connectivity index is 2.13. The summed E-state index contributed by atoms with van der Waals surface area (Å²) in [6.07, 6.45) is 3.95. The van der Waals surface area contributed by atoms with Gasteiger partial charge in [0.2, 0.25) is 5.91 Å². The SMILES string of the molecule is CCCNC(COc1ccccc1CC)(C(N)=O)C1CC1. The first kappa shape index (κ1) is 15.8. The van der Waals surface area contributed by atoms with Gasteiger partial charge in [-0.15, -0.1) is 0 Å². The zero-order valence-electron chi connectivity index (χ0n) is 13.0. The molecule has 0 aromatic heterocycles. The smallest absolute Gasteiger partial charge is 0.241 e. The minimum atomic E-state index is -0.725. The summed E-state index contributed by atoms with van der Waals surface area (Å²) in [5, 5.41) is 3.35. The second kappa shape index (κ2) is 6.94. The number of aryl methyl sites for hydroxylation is 1. The molecule has 0 heterocycles. The Kier molecular flexibility index (Phi) is 5.23. The zero-order chi connectivity index (χ0) is 15.3. The standard InChI is InChI=1S/C17H26N2O2/c1-3-11-19-17(16(18)20,14-9-10-14)12-21-15-8-6-5-7-13(15)4-2/h5-8,14,19H,3-4,9-12H2,1-2H3,(H2,18,20). The third kappa shape index (κ3) is 3.56. The van der Waals surface area contributed by atoms with Crippen LogP contribution >= 0.6 is 0 Å². The van der Waals surface area contributed by atoms with E-state index in [-0.39, 0.29) is 5.91 Å². The van der Waals surface area contributed by atoms with E-state index in [4.69, 9.17) is 10.5 Å². The average molecular weight is 290 g/mol. The number of primary amides is 1. The molecule has 1 atom stereocenters. The summed E-state index contributed by atoms with van der Waals surface area (Å²) in [4.78, 5) is 12.1. The van der Waals surface area contributed by atoms with Crippen molar-refractivity contribution in [1.82, 2.24) is 5.32 Å². The summed E-state index contributed by atoms with van der Waals surface area (Å²) in [5.74, 6) is 0.854. The summed E-state index contributed by atoms with van der Waals surface area (Å²) in [6, 6.07) is 7.97. The van der Waals surface area contributed by atoms with E-state index in [0.29, 0.717) is 12.5 Å². The Bertz CT molecular complexity index is 485. The second-order valence-electron chi connectivity index (χ2n) is 5.79. The van der Waals surface area contributed by atoms with Crippen LogP contribution in [0.5, 0.6) is 5.75 Å². The zero-order valence-corrected chi connectivity index (χ0v) is 13.0. The van der Waals surface area contributed by atoms with Gasteiger partial charge in [-0.05, 0) is 49.8 Å². The Morgan fingerprint density at radius 1 is 1.38 bits per heavy atom. The van der Waals surface area contributed by atoms with Gasteiger partial charge in [-0.1, -0.05) is 32.0 Å². The van der Waals surface area contributed by atoms with Gasteiger partial charge in [0.25, 0.3) is 0 Å². The topological polar surface area (TPSA) is 64.3 Å². The van der Waals surface area contributed by atoms with E-state index in [2.05, 4.69) is 25.2 Å². The first-order chi connectivity index (χ1) is 10.1. The van der Waals surface area contributed by atoms with E-state index in [9.17, 15) is 4.79 Å². The number of nitrogens with one attached hydrogen (secondary N) is 1. The van der Waals surface area contributed by atoms with Crippen LogP contribution in [0.25, 0.3) is 0 Å². The van der Waals surface area contributed by atoms with Crippen molar-refractivity contribution in [3.63, 3.8) is 0 Å². The molecular weight excluding hydrogens is 264 g/mol. The lowest BCUT2D eigenvalue weighted by Gasteiger charge is -2.32. The minimum absolute atomic E-state index is 0.299. The third-order valence-electron chi connectivity index (χ3n) is 4.21. The fraction of sp³-hybridized carbons (Fsp3) is 0.588. The Morgan fingerprint density at radius 2 is 2.10 bits per heavy atom. The van der Waals surface area contributed by atoms with E-state index in [0.717, 1.165) is 43.5 Å². The molecule has 1 unspecified atom stereocenters. The monoisotopic (exact) mass is 290 g/mol. The maximum Gasteiger partial charge on any atom is 0.241 e. The molecule has 1 aromatic carbocycles. The number of hydrogen-bond donors (Lipinski definition) is 2. The number of amides is 1. The molecule has 0 saturated heterocycles. The Hall–Kier alpha value is -1.55. The lowest BCUT2D eigenvalue weighted by atomic mass is 9.93. The molecule has 4 nitrogen and oxygen atoms in total. The second-order valence-corrected chi connectivity index (χ2v) is 5.79. The number of carbonyl (C=O) groups is 1. The molecule has 0 bridgehead atoms. The largest absolute Gasteiger partial charge is 0.491 e. The van der Waals surface area contributed by atoms with Crippen molar-refractivity contribution in [3.8, 4) is 5.75 Å². The summed E-state index contributed by atoms with van der Waals surface area (Å²) >= 11 is 0. The normalized spacial score (nSPS) is 17.2. The van der Waals surface area contributed by atoms with E-state index in [1.54, 1.807) is 0 Å². The van der Waals surface area contributed by atoms with Gasteiger partial charge in [-0.25, -0.2) is 0 Å². The fourth-order valence-electron chi connectivity index (χ4n) is 2.73. The number of para-hydroxylation sites is 1. The van der Waals surface area contributed by atoms with E-state index >= 15 is 0 Å². The van der Waals surface area contributed by atoms with Crippen LogP contribution in [0.4, 0.5) is 0 Å². The molecule has 0 radical (unpaired) electrons. The highest BCUT2D eigenvalue weighted by atomic mass is 16.5. The Morgan fingerprint density at radius 3 is 2.67 bits per heavy atom. The lowest BCUT2D eigenvalue weighted by Crippen LogP contribution is -2.61. The molecule has 4 heteroatoms. The predicted molar refractivity (Wildman–Crippen MR) is 84.3 cm³/mol. The van der Waals surface area contributed by atoms with E-state index in [1.807, 2.05) is 18.2 Å². The molecule has 1 fully saturated rings. The van der Waals surface area contributed by atoms with E-state index in [1.165, 1.54) is 0 Å². The molecule has 1 amide bonds. The quantitative estimate of drug-likeness (QED) is 0.733. The van der Waals surface area contributed by atoms with Crippen LogP contribution in [0.3, 0.4) is 0 Å². The number of benzene rings is 1. The molecule has 0 spiro atoms. The number of ether oxygens (including phenoxy) is 1. The fourth-order valence-corrected chi connectivity index (χ4v) is 2.73. The van der Waals surface area contributed by atoms with E-state index < -0.39 is 5.54 Å². The van der Waals surface area contributed by atoms with Crippen molar-refractivity contribution < 1.29 is 9.53 Å². The van der Waals surface area contributed by atoms with Crippen LogP contribution in [0.15, 0.2) is 24.3 Å². The molecule has 2 rings (SSSR count). The van der Waals surface area contributed by atoms with Crippen molar-refractivity contribution in [2.75, 3.05) is 13.2 Å². The van der Waals surface area contributed by atoms with Gasteiger partial charge in [0.05, 0.1) is 0 Å². The van der Waals surface area contributed by atoms with Crippen molar-refractivity contribution >= 4 is 5.91 Å². The highest BCUT2D eigenvalue weighted by molar-refractivity contribution is 5.85.